The van der Waals surface area contributed by atoms with Gasteiger partial charge in [0.25, 0.3) is 0 Å². The Morgan fingerprint density at radius 1 is 1.56 bits per heavy atom. The third-order valence-electron chi connectivity index (χ3n) is 2.21. The van der Waals surface area contributed by atoms with E-state index in [1.807, 2.05) is 6.07 Å². The Balaban J connectivity index is 2.10. The first-order valence-electron chi connectivity index (χ1n) is 4.74. The summed E-state index contributed by atoms with van der Waals surface area (Å²) in [7, 11) is 0. The molecule has 0 saturated heterocycles. The van der Waals surface area contributed by atoms with E-state index >= 15 is 0 Å². The number of halogens is 2. The van der Waals surface area contributed by atoms with Gasteiger partial charge < -0.3 is 5.32 Å². The maximum atomic E-state index is 5.99. The third kappa shape index (κ3) is 2.75. The molecule has 1 N–H and O–H groups in total. The fourth-order valence-electron chi connectivity index (χ4n) is 1.31. The van der Waals surface area contributed by atoms with Gasteiger partial charge in [0.15, 0.2) is 5.15 Å². The number of rotatable bonds is 3. The molecule has 0 aliphatic carbocycles. The van der Waals surface area contributed by atoms with E-state index in [2.05, 4.69) is 44.6 Å². The van der Waals surface area contributed by atoms with Crippen LogP contribution in [-0.2, 0) is 6.54 Å². The van der Waals surface area contributed by atoms with E-state index in [9.17, 15) is 0 Å². The van der Waals surface area contributed by atoms with Crippen LogP contribution in [0.2, 0.25) is 5.15 Å². The summed E-state index contributed by atoms with van der Waals surface area (Å²) in [6, 6.07) is 4.04. The summed E-state index contributed by atoms with van der Waals surface area (Å²) >= 11 is 11.1. The Labute approximate surface area is 112 Å². The number of aryl methyl sites for hydroxylation is 1. The second-order valence-corrected chi connectivity index (χ2v) is 5.65. The number of nitrogens with zero attached hydrogens (tertiary/aromatic N) is 1. The summed E-state index contributed by atoms with van der Waals surface area (Å²) in [5.74, 6) is 0. The minimum absolute atomic E-state index is 0.498. The van der Waals surface area contributed by atoms with Gasteiger partial charge in [-0.1, -0.05) is 11.6 Å². The molecule has 0 bridgehead atoms. The van der Waals surface area contributed by atoms with Crippen LogP contribution >= 0.6 is 38.9 Å². The molecule has 16 heavy (non-hydrogen) atoms. The normalized spacial score (nSPS) is 10.4. The van der Waals surface area contributed by atoms with Crippen LogP contribution in [-0.4, -0.2) is 4.98 Å². The van der Waals surface area contributed by atoms with E-state index < -0.39 is 0 Å². The summed E-state index contributed by atoms with van der Waals surface area (Å²) in [4.78, 5) is 5.38. The lowest BCUT2D eigenvalue weighted by molar-refractivity contribution is 1.15. The molecule has 0 aliphatic rings. The first-order valence-corrected chi connectivity index (χ1v) is 6.80. The van der Waals surface area contributed by atoms with Crippen molar-refractivity contribution in [2.75, 3.05) is 5.32 Å². The van der Waals surface area contributed by atoms with Gasteiger partial charge in [-0.2, -0.15) is 0 Å². The maximum Gasteiger partial charge on any atom is 0.152 e. The highest BCUT2D eigenvalue weighted by molar-refractivity contribution is 9.10. The van der Waals surface area contributed by atoms with Crippen molar-refractivity contribution in [2.24, 2.45) is 0 Å². The maximum absolute atomic E-state index is 5.99. The van der Waals surface area contributed by atoms with Gasteiger partial charge in [0.2, 0.25) is 0 Å². The van der Waals surface area contributed by atoms with Crippen molar-refractivity contribution in [3.63, 3.8) is 0 Å². The largest absolute Gasteiger partial charge is 0.378 e. The zero-order valence-electron chi connectivity index (χ0n) is 8.63. The molecule has 0 saturated carbocycles. The summed E-state index contributed by atoms with van der Waals surface area (Å²) in [6.07, 6.45) is 1.68. The van der Waals surface area contributed by atoms with Crippen LogP contribution in [0.5, 0.6) is 0 Å². The fourth-order valence-corrected chi connectivity index (χ4v) is 2.65. The number of thiophene rings is 1. The Morgan fingerprint density at radius 3 is 3.06 bits per heavy atom. The lowest BCUT2D eigenvalue weighted by atomic mass is 10.3. The molecule has 84 valence electrons. The number of pyridine rings is 1. The summed E-state index contributed by atoms with van der Waals surface area (Å²) in [5, 5.41) is 5.87. The molecule has 0 aromatic carbocycles. The Morgan fingerprint density at radius 2 is 2.38 bits per heavy atom. The van der Waals surface area contributed by atoms with Crippen LogP contribution in [0.1, 0.15) is 10.4 Å². The highest BCUT2D eigenvalue weighted by atomic mass is 79.9. The second-order valence-electron chi connectivity index (χ2n) is 3.37. The van der Waals surface area contributed by atoms with Crippen LogP contribution in [0.15, 0.2) is 28.2 Å². The molecular weight excluding hydrogens is 308 g/mol. The monoisotopic (exact) mass is 316 g/mol. The van der Waals surface area contributed by atoms with Gasteiger partial charge in [0.05, 0.1) is 5.69 Å². The highest BCUT2D eigenvalue weighted by Gasteiger charge is 2.04. The molecule has 0 radical (unpaired) electrons. The van der Waals surface area contributed by atoms with E-state index in [-0.39, 0.29) is 0 Å². The van der Waals surface area contributed by atoms with Crippen molar-refractivity contribution >= 4 is 44.6 Å². The minimum atomic E-state index is 0.498. The Kier molecular flexibility index (Phi) is 3.84. The molecule has 0 aliphatic heterocycles. The minimum Gasteiger partial charge on any atom is -0.378 e. The molecule has 0 unspecified atom stereocenters. The molecule has 2 nitrogen and oxygen atoms in total. The van der Waals surface area contributed by atoms with E-state index in [1.54, 1.807) is 17.5 Å². The van der Waals surface area contributed by atoms with E-state index in [4.69, 9.17) is 11.6 Å². The van der Waals surface area contributed by atoms with Crippen molar-refractivity contribution in [1.29, 1.82) is 0 Å². The standard InChI is InChI=1S/C11H10BrClN2S/c1-7-2-3-16-10(7)6-14-9-4-8(12)5-15-11(9)13/h2-5,14H,6H2,1H3. The van der Waals surface area contributed by atoms with Gasteiger partial charge in [-0.15, -0.1) is 11.3 Å². The van der Waals surface area contributed by atoms with Crippen molar-refractivity contribution < 1.29 is 0 Å². The molecule has 0 spiro atoms. The summed E-state index contributed by atoms with van der Waals surface area (Å²) in [5.41, 5.74) is 2.15. The smallest absolute Gasteiger partial charge is 0.152 e. The summed E-state index contributed by atoms with van der Waals surface area (Å²) in [6.45, 7) is 2.88. The molecule has 2 rings (SSSR count). The van der Waals surface area contributed by atoms with Crippen LogP contribution < -0.4 is 5.32 Å². The molecule has 5 heteroatoms. The molecule has 2 heterocycles. The number of hydrogen-bond acceptors (Lipinski definition) is 3. The van der Waals surface area contributed by atoms with Crippen LogP contribution in [0.25, 0.3) is 0 Å². The van der Waals surface area contributed by atoms with Crippen molar-refractivity contribution in [2.45, 2.75) is 13.5 Å². The number of nitrogens with one attached hydrogen (secondary N) is 1. The van der Waals surface area contributed by atoms with Crippen molar-refractivity contribution in [1.82, 2.24) is 4.98 Å². The van der Waals surface area contributed by atoms with Gasteiger partial charge in [-0.25, -0.2) is 4.98 Å². The highest BCUT2D eigenvalue weighted by Crippen LogP contribution is 2.24. The summed E-state index contributed by atoms with van der Waals surface area (Å²) < 4.78 is 0.919. The van der Waals surface area contributed by atoms with E-state index in [0.29, 0.717) is 5.15 Å². The van der Waals surface area contributed by atoms with Crippen LogP contribution in [0.3, 0.4) is 0 Å². The topological polar surface area (TPSA) is 24.9 Å². The Bertz CT molecular complexity index is 498. The van der Waals surface area contributed by atoms with Gasteiger partial charge >= 0.3 is 0 Å². The molecule has 0 fully saturated rings. The van der Waals surface area contributed by atoms with Crippen LogP contribution in [0, 0.1) is 6.92 Å². The molecule has 2 aromatic heterocycles. The molecule has 0 atom stereocenters. The first kappa shape index (κ1) is 11.9. The Hall–Kier alpha value is -0.580. The molecule has 0 amide bonds. The van der Waals surface area contributed by atoms with E-state index in [0.717, 1.165) is 16.7 Å². The molecule has 2 aromatic rings. The van der Waals surface area contributed by atoms with Crippen molar-refractivity contribution in [3.05, 3.63) is 43.8 Å². The van der Waals surface area contributed by atoms with Gasteiger partial charge in [0, 0.05) is 22.1 Å². The van der Waals surface area contributed by atoms with Gasteiger partial charge in [0.1, 0.15) is 0 Å². The fraction of sp³-hybridized carbons (Fsp3) is 0.182. The van der Waals surface area contributed by atoms with Crippen LogP contribution in [0.4, 0.5) is 5.69 Å². The lowest BCUT2D eigenvalue weighted by Gasteiger charge is -2.07. The third-order valence-corrected chi connectivity index (χ3v) is 3.97. The van der Waals surface area contributed by atoms with Crippen molar-refractivity contribution in [3.8, 4) is 0 Å². The number of anilines is 1. The number of hydrogen-bond donors (Lipinski definition) is 1. The predicted octanol–water partition coefficient (Wildman–Crippen LogP) is 4.48. The van der Waals surface area contributed by atoms with Gasteiger partial charge in [-0.3, -0.25) is 0 Å². The predicted molar refractivity (Wildman–Crippen MR) is 73.3 cm³/mol. The average molecular weight is 318 g/mol. The first-order chi connectivity index (χ1) is 7.66. The van der Waals surface area contributed by atoms with Gasteiger partial charge in [-0.05, 0) is 45.9 Å². The van der Waals surface area contributed by atoms with E-state index in [1.165, 1.54) is 10.4 Å². The zero-order valence-corrected chi connectivity index (χ0v) is 11.8. The molecular formula is C11H10BrClN2S. The zero-order chi connectivity index (χ0) is 11.5. The SMILES string of the molecule is Cc1ccsc1CNc1cc(Br)cnc1Cl. The quantitative estimate of drug-likeness (QED) is 0.844. The average Bonchev–Trinajstić information content (AvgIpc) is 2.66. The lowest BCUT2D eigenvalue weighted by Crippen LogP contribution is -2.00. The second kappa shape index (κ2) is 5.17. The number of aromatic nitrogens is 1.